The molecule has 0 spiro atoms. The monoisotopic (exact) mass is 269 g/mol. The molecule has 1 saturated carbocycles. The van der Waals surface area contributed by atoms with Crippen molar-refractivity contribution in [3.8, 4) is 0 Å². The van der Waals surface area contributed by atoms with Crippen LogP contribution in [0.15, 0.2) is 0 Å². The molecule has 1 fully saturated rings. The van der Waals surface area contributed by atoms with Crippen LogP contribution < -0.4 is 5.32 Å². The molecule has 1 atom stereocenters. The highest BCUT2D eigenvalue weighted by molar-refractivity contribution is 6.01. The van der Waals surface area contributed by atoms with E-state index in [0.29, 0.717) is 0 Å². The van der Waals surface area contributed by atoms with Crippen LogP contribution in [0.1, 0.15) is 26.2 Å². The van der Waals surface area contributed by atoms with E-state index in [1.807, 2.05) is 0 Å². The summed E-state index contributed by atoms with van der Waals surface area (Å²) in [5, 5.41) is 11.4. The summed E-state index contributed by atoms with van der Waals surface area (Å²) in [6.45, 7) is 0.219. The number of nitrogens with one attached hydrogen (secondary N) is 1. The van der Waals surface area contributed by atoms with Gasteiger partial charge in [-0.05, 0) is 26.2 Å². The number of carboxylic acids is 1. The van der Waals surface area contributed by atoms with Gasteiger partial charge in [0.05, 0.1) is 6.61 Å². The molecule has 0 heterocycles. The minimum atomic E-state index is -4.83. The van der Waals surface area contributed by atoms with Gasteiger partial charge in [0.25, 0.3) is 0 Å². The van der Waals surface area contributed by atoms with Crippen LogP contribution in [0.5, 0.6) is 0 Å². The molecule has 1 aliphatic carbocycles. The van der Waals surface area contributed by atoms with Crippen molar-refractivity contribution >= 4 is 11.9 Å². The zero-order valence-corrected chi connectivity index (χ0v) is 9.71. The van der Waals surface area contributed by atoms with Crippen molar-refractivity contribution in [3.63, 3.8) is 0 Å². The van der Waals surface area contributed by atoms with Crippen molar-refractivity contribution in [1.82, 2.24) is 5.32 Å². The summed E-state index contributed by atoms with van der Waals surface area (Å²) in [7, 11) is 0. The second-order valence-corrected chi connectivity index (χ2v) is 4.43. The van der Waals surface area contributed by atoms with E-state index >= 15 is 0 Å². The zero-order valence-electron chi connectivity index (χ0n) is 9.71. The Hall–Kier alpha value is -1.31. The minimum absolute atomic E-state index is 0.0558. The number of rotatable bonds is 6. The van der Waals surface area contributed by atoms with Crippen molar-refractivity contribution in [2.75, 3.05) is 6.61 Å². The number of alkyl halides is 3. The number of carbonyl (C=O) groups excluding carboxylic acids is 1. The number of halogens is 3. The van der Waals surface area contributed by atoms with Crippen molar-refractivity contribution in [2.45, 2.75) is 38.6 Å². The van der Waals surface area contributed by atoms with Crippen LogP contribution in [0, 0.1) is 5.41 Å². The molecule has 5 nitrogen and oxygen atoms in total. The largest absolute Gasteiger partial charge is 0.522 e. The highest BCUT2D eigenvalue weighted by Gasteiger charge is 2.44. The van der Waals surface area contributed by atoms with Gasteiger partial charge in [0.15, 0.2) is 0 Å². The smallest absolute Gasteiger partial charge is 0.480 e. The van der Waals surface area contributed by atoms with Crippen LogP contribution in [0.3, 0.4) is 0 Å². The van der Waals surface area contributed by atoms with E-state index in [1.54, 1.807) is 0 Å². The second-order valence-electron chi connectivity index (χ2n) is 4.43. The molecule has 0 radical (unpaired) electrons. The fraction of sp³-hybridized carbons (Fsp3) is 0.800. The van der Waals surface area contributed by atoms with E-state index in [4.69, 9.17) is 5.11 Å². The number of hydrogen-bond acceptors (Lipinski definition) is 3. The van der Waals surface area contributed by atoms with E-state index in [0.717, 1.165) is 19.8 Å². The fourth-order valence-corrected chi connectivity index (χ4v) is 1.26. The van der Waals surface area contributed by atoms with E-state index < -0.39 is 36.7 Å². The highest BCUT2D eigenvalue weighted by atomic mass is 19.4. The molecule has 104 valence electrons. The van der Waals surface area contributed by atoms with Gasteiger partial charge in [0, 0.05) is 6.04 Å². The van der Waals surface area contributed by atoms with Crippen LogP contribution in [0.25, 0.3) is 0 Å². The van der Waals surface area contributed by atoms with E-state index in [9.17, 15) is 22.8 Å². The van der Waals surface area contributed by atoms with Gasteiger partial charge in [-0.25, -0.2) is 0 Å². The number of carbonyl (C=O) groups is 2. The van der Waals surface area contributed by atoms with Crippen LogP contribution in [0.4, 0.5) is 13.2 Å². The second kappa shape index (κ2) is 5.13. The van der Waals surface area contributed by atoms with E-state index in [1.165, 1.54) is 0 Å². The maximum atomic E-state index is 11.8. The number of carboxylic acid groups (broad SMARTS) is 1. The maximum Gasteiger partial charge on any atom is 0.522 e. The van der Waals surface area contributed by atoms with Crippen molar-refractivity contribution in [3.05, 3.63) is 0 Å². The molecule has 0 bridgehead atoms. The molecular formula is C10H14F3NO4. The molecule has 0 aromatic carbocycles. The first-order valence-electron chi connectivity index (χ1n) is 5.40. The van der Waals surface area contributed by atoms with Gasteiger partial charge in [-0.2, -0.15) is 0 Å². The third-order valence-corrected chi connectivity index (χ3v) is 2.75. The predicted molar refractivity (Wildman–Crippen MR) is 53.5 cm³/mol. The first-order valence-corrected chi connectivity index (χ1v) is 5.40. The normalized spacial score (nSPS) is 19.1. The van der Waals surface area contributed by atoms with Crippen molar-refractivity contribution in [1.29, 1.82) is 0 Å². The number of aliphatic carboxylic acids is 1. The topological polar surface area (TPSA) is 75.6 Å². The van der Waals surface area contributed by atoms with Gasteiger partial charge in [0.2, 0.25) is 5.91 Å². The van der Waals surface area contributed by atoms with Gasteiger partial charge in [0.1, 0.15) is 5.41 Å². The number of ether oxygens (including phenoxy) is 1. The molecule has 8 heteroatoms. The summed E-state index contributed by atoms with van der Waals surface area (Å²) >= 11 is 0. The summed E-state index contributed by atoms with van der Waals surface area (Å²) in [4.78, 5) is 22.7. The molecule has 0 aromatic heterocycles. The number of amides is 1. The molecule has 0 aromatic rings. The van der Waals surface area contributed by atoms with Crippen LogP contribution >= 0.6 is 0 Å². The van der Waals surface area contributed by atoms with Gasteiger partial charge >= 0.3 is 12.3 Å². The summed E-state index contributed by atoms with van der Waals surface area (Å²) in [5.41, 5.74) is -1.91. The van der Waals surface area contributed by atoms with Crippen molar-refractivity contribution in [2.24, 2.45) is 5.41 Å². The molecule has 1 unspecified atom stereocenters. The standard InChI is InChI=1S/C10H14F3NO4/c1-9(8(16)17,4-5-18-10(11,12)13)7(15)14-6-2-3-6/h6H,2-5H2,1H3,(H,14,15)(H,16,17). The van der Waals surface area contributed by atoms with Gasteiger partial charge in [-0.1, -0.05) is 0 Å². The summed E-state index contributed by atoms with van der Waals surface area (Å²) < 4.78 is 38.9. The Kier molecular flexibility index (Phi) is 4.20. The van der Waals surface area contributed by atoms with E-state index in [2.05, 4.69) is 10.1 Å². The Morgan fingerprint density at radius 2 is 1.94 bits per heavy atom. The third kappa shape index (κ3) is 4.17. The lowest BCUT2D eigenvalue weighted by molar-refractivity contribution is -0.325. The fourth-order valence-electron chi connectivity index (χ4n) is 1.26. The Balaban J connectivity index is 2.55. The predicted octanol–water partition coefficient (Wildman–Crippen LogP) is 1.28. The van der Waals surface area contributed by atoms with Gasteiger partial charge < -0.3 is 10.4 Å². The Bertz CT molecular complexity index is 341. The molecule has 18 heavy (non-hydrogen) atoms. The average Bonchev–Trinajstić information content (AvgIpc) is 2.98. The Labute approximate surface area is 101 Å². The molecule has 1 rings (SSSR count). The lowest BCUT2D eigenvalue weighted by Crippen LogP contribution is -2.46. The molecule has 0 saturated heterocycles. The minimum Gasteiger partial charge on any atom is -0.480 e. The molecule has 1 amide bonds. The summed E-state index contributed by atoms with van der Waals surface area (Å²) in [6.07, 6.45) is -3.84. The highest BCUT2D eigenvalue weighted by Crippen LogP contribution is 2.27. The van der Waals surface area contributed by atoms with Crippen LogP contribution in [-0.2, 0) is 14.3 Å². The van der Waals surface area contributed by atoms with Crippen LogP contribution in [0.2, 0.25) is 0 Å². The summed E-state index contributed by atoms with van der Waals surface area (Å²) in [5.74, 6) is -2.24. The lowest BCUT2D eigenvalue weighted by Gasteiger charge is -2.23. The Morgan fingerprint density at radius 1 is 1.39 bits per heavy atom. The first-order chi connectivity index (χ1) is 8.15. The molecule has 0 aliphatic heterocycles. The molecule has 1 aliphatic rings. The average molecular weight is 269 g/mol. The molecule has 2 N–H and O–H groups in total. The first kappa shape index (κ1) is 14.7. The quantitative estimate of drug-likeness (QED) is 0.712. The SMILES string of the molecule is CC(CCOC(F)(F)F)(C(=O)O)C(=O)NC1CC1. The van der Waals surface area contributed by atoms with Crippen LogP contribution in [-0.4, -0.2) is 36.0 Å². The third-order valence-electron chi connectivity index (χ3n) is 2.75. The van der Waals surface area contributed by atoms with Crippen molar-refractivity contribution < 1.29 is 32.6 Å². The molecular weight excluding hydrogens is 255 g/mol. The lowest BCUT2D eigenvalue weighted by atomic mass is 9.86. The Morgan fingerprint density at radius 3 is 2.33 bits per heavy atom. The van der Waals surface area contributed by atoms with Gasteiger partial charge in [-0.15, -0.1) is 13.2 Å². The zero-order chi connectivity index (χ0) is 14.0. The number of hydrogen-bond donors (Lipinski definition) is 2. The summed E-state index contributed by atoms with van der Waals surface area (Å²) in [6, 6.07) is -0.0558. The maximum absolute atomic E-state index is 11.8. The van der Waals surface area contributed by atoms with Gasteiger partial charge in [-0.3, -0.25) is 14.3 Å². The van der Waals surface area contributed by atoms with E-state index in [-0.39, 0.29) is 6.04 Å².